The third-order valence-electron chi connectivity index (χ3n) is 6.99. The van der Waals surface area contributed by atoms with Gasteiger partial charge in [-0.05, 0) is 53.8 Å². The van der Waals surface area contributed by atoms with Crippen molar-refractivity contribution in [1.82, 2.24) is 10.2 Å². The van der Waals surface area contributed by atoms with Crippen molar-refractivity contribution < 1.29 is 9.59 Å². The van der Waals surface area contributed by atoms with Gasteiger partial charge in [-0.1, -0.05) is 107 Å². The van der Waals surface area contributed by atoms with Gasteiger partial charge in [0.25, 0.3) is 0 Å². The van der Waals surface area contributed by atoms with Crippen molar-refractivity contribution >= 4 is 62.7 Å². The number of nitrogens with zero attached hydrogens (tertiary/aromatic N) is 1. The number of rotatable bonds is 11. The van der Waals surface area contributed by atoms with Crippen LogP contribution in [0, 0.1) is 0 Å². The molecule has 1 aliphatic rings. The maximum absolute atomic E-state index is 13.8. The number of carbonyl (C=O) groups excluding carboxylic acids is 2. The molecule has 0 bridgehead atoms. The Labute approximate surface area is 254 Å². The van der Waals surface area contributed by atoms with E-state index in [1.807, 2.05) is 60.7 Å². The molecule has 206 valence electrons. The summed E-state index contributed by atoms with van der Waals surface area (Å²) in [5.74, 6) is 0.750. The van der Waals surface area contributed by atoms with Crippen LogP contribution in [0.15, 0.2) is 77.3 Å². The first kappa shape index (κ1) is 30.0. The van der Waals surface area contributed by atoms with Gasteiger partial charge in [-0.15, -0.1) is 11.8 Å². The number of hydrogen-bond donors (Lipinski definition) is 1. The summed E-state index contributed by atoms with van der Waals surface area (Å²) in [6.45, 7) is 0.225. The highest BCUT2D eigenvalue weighted by atomic mass is 79.9. The first-order chi connectivity index (χ1) is 18.9. The van der Waals surface area contributed by atoms with E-state index in [4.69, 9.17) is 23.2 Å². The molecular formula is C31H33BrCl2N2O2S. The Balaban J connectivity index is 1.58. The standard InChI is InChI=1S/C31H33BrCl2N2O2S/c32-25-14-11-23(12-15-25)20-39-21-30(37)36(19-24-13-16-26(33)18-28(24)34)29(17-22-7-3-1-4-8-22)31(38)35-27-9-5-2-6-10-27/h1,3-4,7-8,11-16,18,27,29H,2,5-6,9-10,17,19-21H2,(H,35,38). The van der Waals surface area contributed by atoms with Gasteiger partial charge in [0.1, 0.15) is 6.04 Å². The highest BCUT2D eigenvalue weighted by molar-refractivity contribution is 9.10. The van der Waals surface area contributed by atoms with Crippen LogP contribution in [-0.2, 0) is 28.3 Å². The largest absolute Gasteiger partial charge is 0.352 e. The summed E-state index contributed by atoms with van der Waals surface area (Å²) >= 11 is 17.7. The summed E-state index contributed by atoms with van der Waals surface area (Å²) < 4.78 is 1.02. The van der Waals surface area contributed by atoms with Crippen molar-refractivity contribution in [3.05, 3.63) is 104 Å². The second-order valence-electron chi connectivity index (χ2n) is 9.93. The van der Waals surface area contributed by atoms with E-state index in [1.54, 1.807) is 28.8 Å². The fourth-order valence-corrected chi connectivity index (χ4v) is 6.45. The SMILES string of the molecule is O=C(NC1CCCCC1)C(Cc1ccccc1)N(Cc1ccc(Cl)cc1Cl)C(=O)CSCc1ccc(Br)cc1. The predicted octanol–water partition coefficient (Wildman–Crippen LogP) is 8.08. The quantitative estimate of drug-likeness (QED) is 0.229. The lowest BCUT2D eigenvalue weighted by Crippen LogP contribution is -2.53. The number of halogens is 3. The van der Waals surface area contributed by atoms with Crippen molar-refractivity contribution in [2.24, 2.45) is 0 Å². The topological polar surface area (TPSA) is 49.4 Å². The van der Waals surface area contributed by atoms with Crippen LogP contribution >= 0.6 is 50.9 Å². The molecule has 39 heavy (non-hydrogen) atoms. The molecule has 2 amide bonds. The lowest BCUT2D eigenvalue weighted by molar-refractivity contribution is -0.139. The van der Waals surface area contributed by atoms with Gasteiger partial charge < -0.3 is 10.2 Å². The molecule has 8 heteroatoms. The molecule has 0 spiro atoms. The van der Waals surface area contributed by atoms with E-state index >= 15 is 0 Å². The minimum absolute atomic E-state index is 0.0946. The number of amides is 2. The summed E-state index contributed by atoms with van der Waals surface area (Å²) in [6.07, 6.45) is 5.81. The van der Waals surface area contributed by atoms with Crippen molar-refractivity contribution in [2.45, 2.75) is 62.9 Å². The molecule has 3 aromatic carbocycles. The van der Waals surface area contributed by atoms with Crippen LogP contribution in [0.2, 0.25) is 10.0 Å². The monoisotopic (exact) mass is 646 g/mol. The number of benzene rings is 3. The first-order valence-corrected chi connectivity index (χ1v) is 16.0. The van der Waals surface area contributed by atoms with Gasteiger partial charge in [0, 0.05) is 39.3 Å². The Hall–Kier alpha value is -1.99. The molecule has 1 N–H and O–H groups in total. The Bertz CT molecular complexity index is 1240. The highest BCUT2D eigenvalue weighted by Gasteiger charge is 2.32. The van der Waals surface area contributed by atoms with Gasteiger partial charge in [-0.2, -0.15) is 0 Å². The molecule has 1 atom stereocenters. The summed E-state index contributed by atoms with van der Waals surface area (Å²) in [7, 11) is 0. The highest BCUT2D eigenvalue weighted by Crippen LogP contribution is 2.26. The van der Waals surface area contributed by atoms with Gasteiger partial charge in [-0.25, -0.2) is 0 Å². The molecule has 0 radical (unpaired) electrons. The predicted molar refractivity (Wildman–Crippen MR) is 166 cm³/mol. The van der Waals surface area contributed by atoms with Crippen LogP contribution < -0.4 is 5.32 Å². The number of carbonyl (C=O) groups is 2. The molecule has 1 saturated carbocycles. The number of nitrogens with one attached hydrogen (secondary N) is 1. The molecular weight excluding hydrogens is 615 g/mol. The molecule has 4 rings (SSSR count). The van der Waals surface area contributed by atoms with Gasteiger partial charge in [-0.3, -0.25) is 9.59 Å². The summed E-state index contributed by atoms with van der Waals surface area (Å²) in [6, 6.07) is 22.7. The maximum atomic E-state index is 13.8. The number of thioether (sulfide) groups is 1. The van der Waals surface area contributed by atoms with E-state index in [2.05, 4.69) is 21.2 Å². The Morgan fingerprint density at radius 2 is 1.67 bits per heavy atom. The molecule has 1 fully saturated rings. The normalized spacial score (nSPS) is 14.5. The zero-order chi connectivity index (χ0) is 27.6. The Kier molecular flexibility index (Phi) is 11.6. The van der Waals surface area contributed by atoms with E-state index < -0.39 is 6.04 Å². The van der Waals surface area contributed by atoms with Crippen molar-refractivity contribution in [3.63, 3.8) is 0 Å². The van der Waals surface area contributed by atoms with Crippen LogP contribution in [0.25, 0.3) is 0 Å². The van der Waals surface area contributed by atoms with Crippen molar-refractivity contribution in [1.29, 1.82) is 0 Å². The van der Waals surface area contributed by atoms with Gasteiger partial charge >= 0.3 is 0 Å². The second kappa shape index (κ2) is 15.1. The Morgan fingerprint density at radius 3 is 2.36 bits per heavy atom. The minimum atomic E-state index is -0.665. The molecule has 1 aliphatic carbocycles. The molecule has 3 aromatic rings. The van der Waals surface area contributed by atoms with E-state index in [1.165, 1.54) is 6.42 Å². The zero-order valence-corrected chi connectivity index (χ0v) is 25.7. The summed E-state index contributed by atoms with van der Waals surface area (Å²) in [4.78, 5) is 29.4. The van der Waals surface area contributed by atoms with E-state index in [0.29, 0.717) is 22.2 Å². The Morgan fingerprint density at radius 1 is 0.949 bits per heavy atom. The summed E-state index contributed by atoms with van der Waals surface area (Å²) in [5, 5.41) is 4.28. The van der Waals surface area contributed by atoms with E-state index in [9.17, 15) is 9.59 Å². The first-order valence-electron chi connectivity index (χ1n) is 13.3. The number of hydrogen-bond acceptors (Lipinski definition) is 3. The van der Waals surface area contributed by atoms with Crippen molar-refractivity contribution in [3.8, 4) is 0 Å². The van der Waals surface area contributed by atoms with Crippen LogP contribution in [0.3, 0.4) is 0 Å². The van der Waals surface area contributed by atoms with E-state index in [0.717, 1.165) is 46.8 Å². The molecule has 0 saturated heterocycles. The third-order valence-corrected chi connectivity index (χ3v) is 9.09. The average Bonchev–Trinajstić information content (AvgIpc) is 2.94. The fourth-order valence-electron chi connectivity index (χ4n) is 4.85. The van der Waals surface area contributed by atoms with Gasteiger partial charge in [0.15, 0.2) is 0 Å². The van der Waals surface area contributed by atoms with Crippen LogP contribution in [-0.4, -0.2) is 34.6 Å². The fraction of sp³-hybridized carbons (Fsp3) is 0.355. The van der Waals surface area contributed by atoms with Gasteiger partial charge in [0.2, 0.25) is 11.8 Å². The third kappa shape index (κ3) is 9.28. The van der Waals surface area contributed by atoms with E-state index in [-0.39, 0.29) is 30.2 Å². The zero-order valence-electron chi connectivity index (χ0n) is 21.8. The van der Waals surface area contributed by atoms with Crippen molar-refractivity contribution in [2.75, 3.05) is 5.75 Å². The molecule has 0 heterocycles. The summed E-state index contributed by atoms with van der Waals surface area (Å²) in [5.41, 5.74) is 2.90. The lowest BCUT2D eigenvalue weighted by Gasteiger charge is -2.33. The molecule has 0 aliphatic heterocycles. The van der Waals surface area contributed by atoms with Gasteiger partial charge in [0.05, 0.1) is 5.75 Å². The van der Waals surface area contributed by atoms with Crippen LogP contribution in [0.4, 0.5) is 0 Å². The van der Waals surface area contributed by atoms with Crippen LogP contribution in [0.1, 0.15) is 48.8 Å². The lowest BCUT2D eigenvalue weighted by atomic mass is 9.94. The molecule has 0 aromatic heterocycles. The maximum Gasteiger partial charge on any atom is 0.243 e. The minimum Gasteiger partial charge on any atom is -0.352 e. The second-order valence-corrected chi connectivity index (χ2v) is 12.7. The molecule has 1 unspecified atom stereocenters. The average molecular weight is 648 g/mol. The molecule has 4 nitrogen and oxygen atoms in total. The smallest absolute Gasteiger partial charge is 0.243 e. The van der Waals surface area contributed by atoms with Crippen LogP contribution in [0.5, 0.6) is 0 Å².